The fourth-order valence-electron chi connectivity index (χ4n) is 3.44. The number of carbonyl (C=O) groups is 2. The van der Waals surface area contributed by atoms with Crippen LogP contribution in [0.1, 0.15) is 42.4 Å². The van der Waals surface area contributed by atoms with Gasteiger partial charge in [-0.3, -0.25) is 9.59 Å². The molecule has 4 nitrogen and oxygen atoms in total. The van der Waals surface area contributed by atoms with E-state index in [-0.39, 0.29) is 37.6 Å². The first kappa shape index (κ1) is 23.4. The molecular weight excluding hydrogens is 393 g/mol. The van der Waals surface area contributed by atoms with Crippen molar-refractivity contribution in [2.45, 2.75) is 38.8 Å². The molecule has 1 aliphatic rings. The molecule has 0 spiro atoms. The molecule has 0 fully saturated rings. The zero-order chi connectivity index (χ0) is 22.3. The predicted octanol–water partition coefficient (Wildman–Crippen LogP) is 4.56. The van der Waals surface area contributed by atoms with Gasteiger partial charge in [0.2, 0.25) is 5.91 Å². The standard InChI is InChI=1S/C23H27F3N2O2/c1-4-16(22(30)28-13-12-21(29)27-3)14-18-6-5-7-20(15(18)2)17-8-10-19(11-9-17)23(24,25)26/h4-8,14,19H,1,9-13H2,2-3H3,(H,27,29)(H,28,30)/b16-14+. The molecule has 1 aromatic rings. The Bertz CT molecular complexity index is 870. The first-order valence-electron chi connectivity index (χ1n) is 9.86. The highest BCUT2D eigenvalue weighted by molar-refractivity contribution is 6.01. The van der Waals surface area contributed by atoms with Crippen molar-refractivity contribution in [3.8, 4) is 0 Å². The third-order valence-corrected chi connectivity index (χ3v) is 5.31. The number of halogens is 3. The van der Waals surface area contributed by atoms with Crippen LogP contribution >= 0.6 is 0 Å². The first-order valence-corrected chi connectivity index (χ1v) is 9.86. The van der Waals surface area contributed by atoms with Gasteiger partial charge < -0.3 is 10.6 Å². The molecule has 2 rings (SSSR count). The summed E-state index contributed by atoms with van der Waals surface area (Å²) in [5, 5.41) is 5.16. The number of benzene rings is 1. The van der Waals surface area contributed by atoms with Crippen LogP contribution in [-0.2, 0) is 9.59 Å². The Kier molecular flexibility index (Phi) is 8.03. The average Bonchev–Trinajstić information content (AvgIpc) is 2.72. The number of hydrogen-bond donors (Lipinski definition) is 2. The summed E-state index contributed by atoms with van der Waals surface area (Å²) in [7, 11) is 1.53. The van der Waals surface area contributed by atoms with E-state index >= 15 is 0 Å². The smallest absolute Gasteiger partial charge is 0.359 e. The minimum absolute atomic E-state index is 0.00993. The quantitative estimate of drug-likeness (QED) is 0.502. The van der Waals surface area contributed by atoms with E-state index < -0.39 is 12.1 Å². The maximum atomic E-state index is 12.9. The summed E-state index contributed by atoms with van der Waals surface area (Å²) >= 11 is 0. The fourth-order valence-corrected chi connectivity index (χ4v) is 3.44. The third kappa shape index (κ3) is 6.08. The number of alkyl halides is 3. The Balaban J connectivity index is 2.19. The molecule has 0 heterocycles. The van der Waals surface area contributed by atoms with Crippen molar-refractivity contribution >= 4 is 23.5 Å². The first-order chi connectivity index (χ1) is 14.2. The second-order valence-electron chi connectivity index (χ2n) is 7.24. The van der Waals surface area contributed by atoms with E-state index in [4.69, 9.17) is 0 Å². The number of amides is 2. The maximum Gasteiger partial charge on any atom is 0.392 e. The predicted molar refractivity (Wildman–Crippen MR) is 112 cm³/mol. The molecule has 0 bridgehead atoms. The molecule has 0 aliphatic heterocycles. The molecule has 1 unspecified atom stereocenters. The number of rotatable bonds is 7. The molecule has 7 heteroatoms. The summed E-state index contributed by atoms with van der Waals surface area (Å²) < 4.78 is 38.8. The van der Waals surface area contributed by atoms with Gasteiger partial charge in [0.15, 0.2) is 0 Å². The van der Waals surface area contributed by atoms with E-state index in [0.29, 0.717) is 12.0 Å². The molecule has 0 aromatic heterocycles. The molecule has 1 aliphatic carbocycles. The minimum atomic E-state index is -4.16. The Morgan fingerprint density at radius 2 is 2.03 bits per heavy atom. The van der Waals surface area contributed by atoms with Crippen LogP contribution in [0.5, 0.6) is 0 Å². The summed E-state index contributed by atoms with van der Waals surface area (Å²) in [6.45, 7) is 5.78. The average molecular weight is 420 g/mol. The Morgan fingerprint density at radius 1 is 1.30 bits per heavy atom. The Labute approximate surface area is 174 Å². The van der Waals surface area contributed by atoms with Crippen molar-refractivity contribution in [3.05, 3.63) is 59.2 Å². The molecule has 1 atom stereocenters. The minimum Gasteiger partial charge on any atom is -0.359 e. The topological polar surface area (TPSA) is 58.2 Å². The van der Waals surface area contributed by atoms with E-state index in [0.717, 1.165) is 22.3 Å². The summed E-state index contributed by atoms with van der Waals surface area (Å²) in [6.07, 6.45) is 1.27. The van der Waals surface area contributed by atoms with Crippen LogP contribution in [0.3, 0.4) is 0 Å². The van der Waals surface area contributed by atoms with Gasteiger partial charge in [-0.1, -0.05) is 36.9 Å². The lowest BCUT2D eigenvalue weighted by atomic mass is 9.84. The summed E-state index contributed by atoms with van der Waals surface area (Å²) in [5.74, 6) is -1.80. The zero-order valence-corrected chi connectivity index (χ0v) is 17.2. The number of hydrogen-bond acceptors (Lipinski definition) is 2. The lowest BCUT2D eigenvalue weighted by Crippen LogP contribution is -2.29. The second-order valence-corrected chi connectivity index (χ2v) is 7.24. The van der Waals surface area contributed by atoms with Crippen molar-refractivity contribution in [3.63, 3.8) is 0 Å². The van der Waals surface area contributed by atoms with Gasteiger partial charge >= 0.3 is 6.18 Å². The molecular formula is C23H27F3N2O2. The lowest BCUT2D eigenvalue weighted by molar-refractivity contribution is -0.175. The van der Waals surface area contributed by atoms with E-state index in [1.54, 1.807) is 12.2 Å². The second kappa shape index (κ2) is 10.3. The van der Waals surface area contributed by atoms with E-state index in [1.807, 2.05) is 25.1 Å². The fraction of sp³-hybridized carbons (Fsp3) is 0.391. The molecule has 0 radical (unpaired) electrons. The van der Waals surface area contributed by atoms with Crippen molar-refractivity contribution in [2.75, 3.05) is 13.6 Å². The molecule has 2 amide bonds. The van der Waals surface area contributed by atoms with Crippen LogP contribution < -0.4 is 10.6 Å². The lowest BCUT2D eigenvalue weighted by Gasteiger charge is -2.25. The largest absolute Gasteiger partial charge is 0.392 e. The van der Waals surface area contributed by atoms with E-state index in [2.05, 4.69) is 17.2 Å². The number of allylic oxidation sites excluding steroid dienone is 2. The molecule has 2 N–H and O–H groups in total. The van der Waals surface area contributed by atoms with Crippen LogP contribution in [0.4, 0.5) is 13.2 Å². The summed E-state index contributed by atoms with van der Waals surface area (Å²) in [5.41, 5.74) is 3.84. The van der Waals surface area contributed by atoms with Gasteiger partial charge in [0.25, 0.3) is 5.91 Å². The molecule has 1 aromatic carbocycles. The number of nitrogens with one attached hydrogen (secondary N) is 2. The van der Waals surface area contributed by atoms with Crippen LogP contribution in [0.25, 0.3) is 11.6 Å². The van der Waals surface area contributed by atoms with E-state index in [9.17, 15) is 22.8 Å². The van der Waals surface area contributed by atoms with Gasteiger partial charge in [0, 0.05) is 25.6 Å². The monoisotopic (exact) mass is 420 g/mol. The Morgan fingerprint density at radius 3 is 2.60 bits per heavy atom. The van der Waals surface area contributed by atoms with Gasteiger partial charge in [-0.25, -0.2) is 0 Å². The normalized spacial score (nSPS) is 17.2. The van der Waals surface area contributed by atoms with Gasteiger partial charge in [0.05, 0.1) is 5.92 Å². The van der Waals surface area contributed by atoms with E-state index in [1.165, 1.54) is 13.1 Å². The van der Waals surface area contributed by atoms with Crippen molar-refractivity contribution in [1.29, 1.82) is 0 Å². The van der Waals surface area contributed by atoms with Crippen LogP contribution in [-0.4, -0.2) is 31.6 Å². The van der Waals surface area contributed by atoms with Crippen molar-refractivity contribution < 1.29 is 22.8 Å². The van der Waals surface area contributed by atoms with Gasteiger partial charge in [-0.15, -0.1) is 0 Å². The van der Waals surface area contributed by atoms with Crippen LogP contribution in [0, 0.1) is 12.8 Å². The highest BCUT2D eigenvalue weighted by Gasteiger charge is 2.39. The SMILES string of the molecule is C=C/C(=C\c1cccc(C2=CCC(C(F)(F)F)CC2)c1C)C(=O)NCCC(=O)NC. The molecule has 162 valence electrons. The summed E-state index contributed by atoms with van der Waals surface area (Å²) in [6, 6.07) is 5.57. The van der Waals surface area contributed by atoms with Crippen LogP contribution in [0.2, 0.25) is 0 Å². The van der Waals surface area contributed by atoms with Gasteiger partial charge in [0.1, 0.15) is 0 Å². The molecule has 30 heavy (non-hydrogen) atoms. The molecule has 0 saturated carbocycles. The van der Waals surface area contributed by atoms with Gasteiger partial charge in [-0.05, 0) is 54.5 Å². The highest BCUT2D eigenvalue weighted by Crippen LogP contribution is 2.40. The highest BCUT2D eigenvalue weighted by atomic mass is 19.4. The van der Waals surface area contributed by atoms with Crippen LogP contribution in [0.15, 0.2) is 42.5 Å². The summed E-state index contributed by atoms with van der Waals surface area (Å²) in [4.78, 5) is 23.6. The third-order valence-electron chi connectivity index (χ3n) is 5.31. The Hall–Kier alpha value is -2.83. The van der Waals surface area contributed by atoms with Crippen molar-refractivity contribution in [2.24, 2.45) is 5.92 Å². The molecule has 0 saturated heterocycles. The van der Waals surface area contributed by atoms with Crippen molar-refractivity contribution in [1.82, 2.24) is 10.6 Å². The maximum absolute atomic E-state index is 12.9. The van der Waals surface area contributed by atoms with Gasteiger partial charge in [-0.2, -0.15) is 13.2 Å². The zero-order valence-electron chi connectivity index (χ0n) is 17.2. The number of carbonyl (C=O) groups excluding carboxylic acids is 2.